The first-order valence-corrected chi connectivity index (χ1v) is 25.7. The SMILES string of the molecule is C.CC(C)(P(C)(C)=O)P(C)(C)=O.CC(C)(P(C)(C)=O)P(C)(C)=O.CN(P(C)(C)=O)P(C)(C)=O. The summed E-state index contributed by atoms with van der Waals surface area (Å²) in [5.74, 6) is 0. The second kappa shape index (κ2) is 12.7. The van der Waals surface area contributed by atoms with Gasteiger partial charge in [-0.05, 0) is 81.0 Å². The Labute approximate surface area is 206 Å². The summed E-state index contributed by atoms with van der Waals surface area (Å²) in [4.78, 5) is -1.03. The monoisotopic (exact) mass is 591 g/mol. The minimum atomic E-state index is -2.31. The van der Waals surface area contributed by atoms with Crippen molar-refractivity contribution in [3.05, 3.63) is 0 Å². The molecule has 0 rings (SSSR count). The molecule has 0 saturated heterocycles. The Balaban J connectivity index is -0.000000189. The second-order valence-electron chi connectivity index (χ2n) is 11.5. The summed E-state index contributed by atoms with van der Waals surface area (Å²) in [6, 6.07) is 0. The molecule has 0 bridgehead atoms. The first-order chi connectivity index (χ1) is 13.2. The summed E-state index contributed by atoms with van der Waals surface area (Å²) >= 11 is 0. The van der Waals surface area contributed by atoms with E-state index in [1.807, 2.05) is 27.7 Å². The summed E-state index contributed by atoms with van der Waals surface area (Å²) in [5.41, 5.74) is 0. The molecule has 0 aromatic carbocycles. The molecule has 0 fully saturated rings. The lowest BCUT2D eigenvalue weighted by Crippen LogP contribution is -2.18. The molecule has 7 nitrogen and oxygen atoms in total. The van der Waals surface area contributed by atoms with Crippen LogP contribution in [0.4, 0.5) is 0 Å². The predicted octanol–water partition coefficient (Wildman–Crippen LogP) is 8.57. The van der Waals surface area contributed by atoms with Gasteiger partial charge in [0.25, 0.3) is 0 Å². The van der Waals surface area contributed by atoms with Crippen molar-refractivity contribution in [3.8, 4) is 0 Å². The third kappa shape index (κ3) is 13.5. The summed E-state index contributed by atoms with van der Waals surface area (Å²) in [6.07, 6.45) is 0. The van der Waals surface area contributed by atoms with Gasteiger partial charge in [0.15, 0.2) is 0 Å². The van der Waals surface area contributed by atoms with Gasteiger partial charge in [0, 0.05) is 33.7 Å². The molecule has 0 amide bonds. The van der Waals surface area contributed by atoms with Crippen LogP contribution in [-0.4, -0.2) is 101 Å². The van der Waals surface area contributed by atoms with Gasteiger partial charge in [0.05, 0.1) is 38.4 Å². The molecule has 0 unspecified atom stereocenters. The highest BCUT2D eigenvalue weighted by Crippen LogP contribution is 2.70. The van der Waals surface area contributed by atoms with E-state index in [1.54, 1.807) is 87.0 Å². The van der Waals surface area contributed by atoms with Gasteiger partial charge in [-0.15, -0.1) is 0 Å². The average Bonchev–Trinajstić information content (AvgIpc) is 2.41. The van der Waals surface area contributed by atoms with Crippen molar-refractivity contribution >= 4 is 43.2 Å². The van der Waals surface area contributed by atoms with Gasteiger partial charge >= 0.3 is 0 Å². The van der Waals surface area contributed by atoms with Crippen molar-refractivity contribution in [1.29, 1.82) is 0 Å². The molecule has 0 aliphatic heterocycles. The molecule has 0 aromatic heterocycles. The van der Waals surface area contributed by atoms with Crippen LogP contribution in [0.15, 0.2) is 0 Å². The summed E-state index contributed by atoms with van der Waals surface area (Å²) < 4.78 is 71.0. The average molecular weight is 592 g/mol. The van der Waals surface area contributed by atoms with Gasteiger partial charge in [-0.25, -0.2) is 4.44 Å². The van der Waals surface area contributed by atoms with Gasteiger partial charge in [-0.2, -0.15) is 0 Å². The van der Waals surface area contributed by atoms with Crippen molar-refractivity contribution < 1.29 is 27.4 Å². The van der Waals surface area contributed by atoms with Crippen LogP contribution in [0.25, 0.3) is 0 Å². The molecule has 13 heteroatoms. The Bertz CT molecular complexity index is 781. The van der Waals surface area contributed by atoms with Crippen molar-refractivity contribution in [3.63, 3.8) is 0 Å². The number of hydrogen-bond donors (Lipinski definition) is 0. The van der Waals surface area contributed by atoms with Gasteiger partial charge in [0.1, 0.15) is 14.6 Å². The Morgan fingerprint density at radius 1 is 0.424 bits per heavy atom. The Hall–Kier alpha value is 1.34. The topological polar surface area (TPSA) is 106 Å². The third-order valence-corrected chi connectivity index (χ3v) is 28.4. The first kappa shape index (κ1) is 41.5. The molecule has 0 N–H and O–H groups in total. The van der Waals surface area contributed by atoms with Gasteiger partial charge in [-0.1, -0.05) is 7.43 Å². The molecule has 206 valence electrons. The van der Waals surface area contributed by atoms with Crippen molar-refractivity contribution in [2.45, 2.75) is 44.9 Å². The van der Waals surface area contributed by atoms with Crippen LogP contribution in [0.1, 0.15) is 35.1 Å². The molecule has 33 heavy (non-hydrogen) atoms. The summed E-state index contributed by atoms with van der Waals surface area (Å²) in [5, 5.41) is 0. The lowest BCUT2D eigenvalue weighted by molar-refractivity contribution is 0.530. The van der Waals surface area contributed by atoms with E-state index in [4.69, 9.17) is 0 Å². The lowest BCUT2D eigenvalue weighted by Gasteiger charge is -2.33. The minimum absolute atomic E-state index is 0. The van der Waals surface area contributed by atoms with Crippen LogP contribution in [0, 0.1) is 0 Å². The Kier molecular flexibility index (Phi) is 16.0. The zero-order valence-electron chi connectivity index (χ0n) is 23.6. The molecule has 0 aliphatic rings. The predicted molar refractivity (Wildman–Crippen MR) is 159 cm³/mol. The van der Waals surface area contributed by atoms with Crippen molar-refractivity contribution in [1.82, 2.24) is 4.44 Å². The van der Waals surface area contributed by atoms with E-state index in [0.29, 0.717) is 0 Å². The second-order valence-corrected chi connectivity index (χ2v) is 34.1. The molecular formula is C20H55NO6P6. The van der Waals surface area contributed by atoms with Crippen LogP contribution in [-0.2, 0) is 27.4 Å². The van der Waals surface area contributed by atoms with Crippen LogP contribution in [0.5, 0.6) is 0 Å². The van der Waals surface area contributed by atoms with Gasteiger partial charge in [0.2, 0.25) is 0 Å². The maximum absolute atomic E-state index is 11.7. The lowest BCUT2D eigenvalue weighted by atomic mass is 10.5. The van der Waals surface area contributed by atoms with Crippen LogP contribution >= 0.6 is 43.2 Å². The highest BCUT2D eigenvalue weighted by Gasteiger charge is 2.43. The molecule has 0 aliphatic carbocycles. The molecule has 0 aromatic rings. The molecule has 0 heterocycles. The quantitative estimate of drug-likeness (QED) is 0.285. The Morgan fingerprint density at radius 3 is 0.545 bits per heavy atom. The maximum atomic E-state index is 11.7. The van der Waals surface area contributed by atoms with Crippen LogP contribution in [0.2, 0.25) is 0 Å². The molecule has 0 radical (unpaired) electrons. The van der Waals surface area contributed by atoms with Crippen LogP contribution < -0.4 is 0 Å². The van der Waals surface area contributed by atoms with E-state index in [2.05, 4.69) is 0 Å². The standard InChI is InChI=1S/2C7H18O2P2.C5H15NO2P2.CH4/c2*1-7(2,10(3,4)8)11(5,6)9;1-6(9(2,3)7)10(4,5)8;/h2*1-6H3;1-5H3;1H4. The minimum Gasteiger partial charge on any atom is -0.323 e. The summed E-state index contributed by atoms with van der Waals surface area (Å²) in [6.45, 7) is 27.4. The third-order valence-electron chi connectivity index (χ3n) is 6.67. The van der Waals surface area contributed by atoms with Crippen molar-refractivity contribution in [2.75, 3.05) is 87.0 Å². The fourth-order valence-corrected chi connectivity index (χ4v) is 15.1. The number of hydrogen-bond acceptors (Lipinski definition) is 6. The van der Waals surface area contributed by atoms with Crippen LogP contribution in [0.3, 0.4) is 0 Å². The molecule has 0 spiro atoms. The number of rotatable bonds is 6. The van der Waals surface area contributed by atoms with Crippen molar-refractivity contribution in [2.24, 2.45) is 0 Å². The zero-order valence-corrected chi connectivity index (χ0v) is 28.9. The van der Waals surface area contributed by atoms with E-state index >= 15 is 0 Å². The fraction of sp³-hybridized carbons (Fsp3) is 1.00. The van der Waals surface area contributed by atoms with E-state index in [9.17, 15) is 27.4 Å². The zero-order chi connectivity index (χ0) is 27.6. The van der Waals surface area contributed by atoms with Gasteiger partial charge in [-0.3, -0.25) is 0 Å². The smallest absolute Gasteiger partial charge is 0.149 e. The molecule has 0 saturated carbocycles. The number of nitrogens with zero attached hydrogens (tertiary/aromatic N) is 1. The Morgan fingerprint density at radius 2 is 0.545 bits per heavy atom. The maximum Gasteiger partial charge on any atom is 0.149 e. The normalized spacial score (nSPS) is 14.4. The van der Waals surface area contributed by atoms with E-state index in [1.165, 1.54) is 4.44 Å². The highest BCUT2D eigenvalue weighted by atomic mass is 31.2. The van der Waals surface area contributed by atoms with Gasteiger partial charge < -0.3 is 27.4 Å². The first-order valence-electron chi connectivity index (χ1n) is 10.2. The van der Waals surface area contributed by atoms with E-state index in [-0.39, 0.29) is 7.43 Å². The summed E-state index contributed by atoms with van der Waals surface area (Å²) in [7, 11) is -12.0. The molecular weight excluding hydrogens is 536 g/mol. The largest absolute Gasteiger partial charge is 0.323 e. The highest BCUT2D eigenvalue weighted by molar-refractivity contribution is 7.82. The van der Waals surface area contributed by atoms with E-state index < -0.39 is 52.9 Å². The fourth-order valence-electron chi connectivity index (χ4n) is 1.68. The molecule has 0 atom stereocenters. The van der Waals surface area contributed by atoms with E-state index in [0.717, 1.165) is 0 Å².